The zero-order valence-electron chi connectivity index (χ0n) is 18.5. The van der Waals surface area contributed by atoms with Crippen LogP contribution in [0.3, 0.4) is 0 Å². The zero-order valence-corrected chi connectivity index (χ0v) is 18.5. The second kappa shape index (κ2) is 10.8. The quantitative estimate of drug-likeness (QED) is 0.585. The summed E-state index contributed by atoms with van der Waals surface area (Å²) in [4.78, 5) is 39.3. The maximum atomic E-state index is 13.4. The van der Waals surface area contributed by atoms with E-state index in [0.717, 1.165) is 31.2 Å². The topological polar surface area (TPSA) is 95.9 Å². The van der Waals surface area contributed by atoms with Gasteiger partial charge in [-0.15, -0.1) is 0 Å². The summed E-state index contributed by atoms with van der Waals surface area (Å²) in [6, 6.07) is 7.75. The van der Waals surface area contributed by atoms with Crippen molar-refractivity contribution < 1.29 is 24.2 Å². The highest BCUT2D eigenvalue weighted by Crippen LogP contribution is 2.40. The number of amides is 1. The van der Waals surface area contributed by atoms with Gasteiger partial charge in [-0.1, -0.05) is 43.2 Å². The van der Waals surface area contributed by atoms with Crippen molar-refractivity contribution in [3.05, 3.63) is 35.9 Å². The molecule has 1 aliphatic heterocycles. The van der Waals surface area contributed by atoms with Gasteiger partial charge in [-0.2, -0.15) is 0 Å². The average molecular weight is 431 g/mol. The highest BCUT2D eigenvalue weighted by atomic mass is 16.5. The number of fused-ring (bicyclic) bond motifs is 1. The minimum Gasteiger partial charge on any atom is -0.480 e. The minimum atomic E-state index is -0.944. The second-order valence-corrected chi connectivity index (χ2v) is 8.66. The maximum absolute atomic E-state index is 13.4. The van der Waals surface area contributed by atoms with E-state index in [1.165, 1.54) is 0 Å². The van der Waals surface area contributed by atoms with Crippen LogP contribution >= 0.6 is 0 Å². The molecule has 2 N–H and O–H groups in total. The number of carboxylic acid groups (broad SMARTS) is 1. The molecule has 3 rings (SSSR count). The Morgan fingerprint density at radius 2 is 1.90 bits per heavy atom. The van der Waals surface area contributed by atoms with Gasteiger partial charge < -0.3 is 14.7 Å². The number of nitrogens with zero attached hydrogens (tertiary/aromatic N) is 1. The number of hydrogen-bond donors (Lipinski definition) is 2. The number of ether oxygens (including phenoxy) is 1. The van der Waals surface area contributed by atoms with Crippen LogP contribution in [0.15, 0.2) is 30.3 Å². The zero-order chi connectivity index (χ0) is 22.4. The van der Waals surface area contributed by atoms with E-state index in [1.807, 2.05) is 30.3 Å². The Kier molecular flexibility index (Phi) is 8.07. The predicted molar refractivity (Wildman–Crippen MR) is 116 cm³/mol. The maximum Gasteiger partial charge on any atom is 0.326 e. The van der Waals surface area contributed by atoms with Crippen molar-refractivity contribution in [2.45, 2.75) is 83.0 Å². The first-order valence-corrected chi connectivity index (χ1v) is 11.4. The fourth-order valence-electron chi connectivity index (χ4n) is 5.06. The van der Waals surface area contributed by atoms with E-state index in [1.54, 1.807) is 18.7 Å². The normalized spacial score (nSPS) is 24.8. The summed E-state index contributed by atoms with van der Waals surface area (Å²) in [6.07, 6.45) is 5.62. The van der Waals surface area contributed by atoms with Gasteiger partial charge in [0.15, 0.2) is 0 Å². The van der Waals surface area contributed by atoms with Gasteiger partial charge in [0.2, 0.25) is 5.91 Å². The Labute approximate surface area is 184 Å². The lowest BCUT2D eigenvalue weighted by molar-refractivity contribution is -0.152. The lowest BCUT2D eigenvalue weighted by atomic mass is 9.84. The fraction of sp³-hybridized carbons (Fsp3) is 0.625. The molecular formula is C24H34N2O5. The van der Waals surface area contributed by atoms with E-state index in [2.05, 4.69) is 5.32 Å². The number of nitrogens with one attached hydrogen (secondary N) is 1. The number of aryl methyl sites for hydroxylation is 1. The number of hydrogen-bond acceptors (Lipinski definition) is 5. The van der Waals surface area contributed by atoms with Crippen molar-refractivity contribution in [2.75, 3.05) is 6.61 Å². The van der Waals surface area contributed by atoms with Crippen LogP contribution in [-0.2, 0) is 25.5 Å². The van der Waals surface area contributed by atoms with Gasteiger partial charge in [0.1, 0.15) is 12.1 Å². The SMILES string of the molecule is CCOC(=O)[C@H](CCc1ccccc1)N[C@@H](C)C(=O)N1[C@@H](C(=O)O)C[C@@H]2CCCC[C@H]21. The molecule has 0 aromatic heterocycles. The summed E-state index contributed by atoms with van der Waals surface area (Å²) in [5.41, 5.74) is 1.10. The minimum absolute atomic E-state index is 0.0167. The van der Waals surface area contributed by atoms with E-state index in [-0.39, 0.29) is 30.4 Å². The van der Waals surface area contributed by atoms with E-state index in [9.17, 15) is 19.5 Å². The standard InChI is InChI=1S/C24H34N2O5/c1-3-31-24(30)19(14-13-17-9-5-4-6-10-17)25-16(2)22(27)26-20-12-8-7-11-18(20)15-21(26)23(28)29/h4-6,9-10,16,18-21,25H,3,7-8,11-15H2,1-2H3,(H,28,29)/t16-,18-,19-,20+,21+/m0/s1. The van der Waals surface area contributed by atoms with Gasteiger partial charge in [-0.05, 0) is 57.4 Å². The molecule has 1 aromatic carbocycles. The van der Waals surface area contributed by atoms with Crippen molar-refractivity contribution in [1.29, 1.82) is 0 Å². The molecule has 7 heteroatoms. The van der Waals surface area contributed by atoms with Crippen molar-refractivity contribution in [2.24, 2.45) is 5.92 Å². The predicted octanol–water partition coefficient (Wildman–Crippen LogP) is 2.77. The largest absolute Gasteiger partial charge is 0.480 e. The number of carbonyl (C=O) groups excluding carboxylic acids is 2. The first-order valence-electron chi connectivity index (χ1n) is 11.4. The third-order valence-electron chi connectivity index (χ3n) is 6.58. The van der Waals surface area contributed by atoms with Crippen LogP contribution in [0.2, 0.25) is 0 Å². The van der Waals surface area contributed by atoms with Crippen molar-refractivity contribution >= 4 is 17.8 Å². The number of aliphatic carboxylic acids is 1. The van der Waals surface area contributed by atoms with Gasteiger partial charge in [0.05, 0.1) is 12.6 Å². The molecule has 7 nitrogen and oxygen atoms in total. The highest BCUT2D eigenvalue weighted by Gasteiger charge is 2.48. The highest BCUT2D eigenvalue weighted by molar-refractivity contribution is 5.88. The fourth-order valence-corrected chi connectivity index (χ4v) is 5.06. The Hall–Kier alpha value is -2.41. The van der Waals surface area contributed by atoms with Crippen LogP contribution in [0, 0.1) is 5.92 Å². The number of esters is 1. The van der Waals surface area contributed by atoms with Gasteiger partial charge >= 0.3 is 11.9 Å². The molecule has 31 heavy (non-hydrogen) atoms. The first kappa shape index (κ1) is 23.3. The van der Waals surface area contributed by atoms with Crippen LogP contribution in [0.4, 0.5) is 0 Å². The first-order chi connectivity index (χ1) is 14.9. The summed E-state index contributed by atoms with van der Waals surface area (Å²) in [5.74, 6) is -1.31. The molecule has 0 radical (unpaired) electrons. The van der Waals surface area contributed by atoms with Crippen molar-refractivity contribution in [3.8, 4) is 0 Å². The molecule has 1 saturated heterocycles. The lowest BCUT2D eigenvalue weighted by Gasteiger charge is -2.35. The summed E-state index contributed by atoms with van der Waals surface area (Å²) < 4.78 is 5.22. The Morgan fingerprint density at radius 3 is 2.58 bits per heavy atom. The number of benzene rings is 1. The molecule has 2 aliphatic rings. The van der Waals surface area contributed by atoms with Crippen LogP contribution < -0.4 is 5.32 Å². The molecule has 5 atom stereocenters. The molecule has 1 amide bonds. The summed E-state index contributed by atoms with van der Waals surface area (Å²) in [5, 5.41) is 12.9. The van der Waals surface area contributed by atoms with Gasteiger partial charge in [0.25, 0.3) is 0 Å². The summed E-state index contributed by atoms with van der Waals surface area (Å²) in [7, 11) is 0. The van der Waals surface area contributed by atoms with Crippen LogP contribution in [-0.4, -0.2) is 58.6 Å². The number of carbonyl (C=O) groups is 3. The van der Waals surface area contributed by atoms with Crippen molar-refractivity contribution in [1.82, 2.24) is 10.2 Å². The lowest BCUT2D eigenvalue weighted by Crippen LogP contribution is -2.55. The van der Waals surface area contributed by atoms with E-state index in [4.69, 9.17) is 4.74 Å². The number of carboxylic acids is 1. The van der Waals surface area contributed by atoms with Gasteiger partial charge in [-0.3, -0.25) is 14.9 Å². The smallest absolute Gasteiger partial charge is 0.326 e. The molecule has 0 spiro atoms. The molecule has 1 saturated carbocycles. The summed E-state index contributed by atoms with van der Waals surface area (Å²) in [6.45, 7) is 3.74. The molecule has 1 aromatic rings. The van der Waals surface area contributed by atoms with Crippen LogP contribution in [0.1, 0.15) is 57.9 Å². The number of rotatable bonds is 9. The molecule has 0 unspecified atom stereocenters. The average Bonchev–Trinajstić information content (AvgIpc) is 3.16. The van der Waals surface area contributed by atoms with E-state index < -0.39 is 24.1 Å². The molecule has 1 aliphatic carbocycles. The van der Waals surface area contributed by atoms with Crippen molar-refractivity contribution in [3.63, 3.8) is 0 Å². The molecular weight excluding hydrogens is 396 g/mol. The third kappa shape index (κ3) is 5.64. The monoisotopic (exact) mass is 430 g/mol. The Bertz CT molecular complexity index is 768. The van der Waals surface area contributed by atoms with E-state index in [0.29, 0.717) is 19.3 Å². The van der Waals surface area contributed by atoms with E-state index >= 15 is 0 Å². The van der Waals surface area contributed by atoms with Gasteiger partial charge in [-0.25, -0.2) is 4.79 Å². The molecule has 1 heterocycles. The van der Waals surface area contributed by atoms with Crippen LogP contribution in [0.25, 0.3) is 0 Å². The molecule has 2 fully saturated rings. The number of likely N-dealkylation sites (tertiary alicyclic amines) is 1. The van der Waals surface area contributed by atoms with Crippen LogP contribution in [0.5, 0.6) is 0 Å². The molecule has 0 bridgehead atoms. The summed E-state index contributed by atoms with van der Waals surface area (Å²) >= 11 is 0. The molecule has 170 valence electrons. The second-order valence-electron chi connectivity index (χ2n) is 8.66. The Balaban J connectivity index is 1.70. The third-order valence-corrected chi connectivity index (χ3v) is 6.58. The van der Waals surface area contributed by atoms with Gasteiger partial charge in [0, 0.05) is 6.04 Å². The Morgan fingerprint density at radius 1 is 1.19 bits per heavy atom.